The van der Waals surface area contributed by atoms with Gasteiger partial charge in [-0.1, -0.05) is 25.1 Å². The number of benzene rings is 1. The number of anilines is 2. The largest absolute Gasteiger partial charge is 0.416 e. The van der Waals surface area contributed by atoms with E-state index in [1.807, 2.05) is 0 Å². The van der Waals surface area contributed by atoms with Gasteiger partial charge in [-0.25, -0.2) is 13.4 Å². The molecular formula is C26H36F3N5O3S. The zero-order valence-electron chi connectivity index (χ0n) is 22.1. The predicted molar refractivity (Wildman–Crippen MR) is 143 cm³/mol. The van der Waals surface area contributed by atoms with E-state index in [1.54, 1.807) is 26.0 Å². The monoisotopic (exact) mass is 555 g/mol. The summed E-state index contributed by atoms with van der Waals surface area (Å²) >= 11 is 0. The van der Waals surface area contributed by atoms with Gasteiger partial charge in [0.1, 0.15) is 11.6 Å². The number of rotatable bonds is 13. The van der Waals surface area contributed by atoms with Crippen LogP contribution < -0.4 is 20.3 Å². The molecule has 0 radical (unpaired) electrons. The number of hydrogen-bond donors (Lipinski definition) is 3. The van der Waals surface area contributed by atoms with Crippen LogP contribution in [0.15, 0.2) is 36.4 Å². The van der Waals surface area contributed by atoms with Gasteiger partial charge < -0.3 is 16.0 Å². The van der Waals surface area contributed by atoms with Crippen molar-refractivity contribution >= 4 is 27.6 Å². The Kier molecular flexibility index (Phi) is 9.64. The summed E-state index contributed by atoms with van der Waals surface area (Å²) in [6.45, 7) is 7.10. The quantitative estimate of drug-likeness (QED) is 0.320. The molecule has 1 aliphatic rings. The fraction of sp³-hybridized carbons (Fsp3) is 0.538. The Morgan fingerprint density at radius 2 is 1.89 bits per heavy atom. The standard InChI is InChI=1S/C26H36F3N5O3S/c1-17(2)38(36,37)34(4)24-14-20(13-23(33-24)32-16-21-11-18(21)3)25(35)31-10-6-9-30-15-19-7-5-8-22(12-19)26(27,28)29/h5,7-8,12-14,17-18,21,30H,6,9-11,15-16H2,1-4H3,(H,31,35)(H,32,33). The molecule has 0 bridgehead atoms. The van der Waals surface area contributed by atoms with E-state index in [4.69, 9.17) is 0 Å². The zero-order chi connectivity index (χ0) is 28.1. The molecule has 2 unspecified atom stereocenters. The van der Waals surface area contributed by atoms with E-state index in [1.165, 1.54) is 19.2 Å². The topological polar surface area (TPSA) is 103 Å². The first kappa shape index (κ1) is 29.7. The van der Waals surface area contributed by atoms with Gasteiger partial charge in [0.2, 0.25) is 10.0 Å². The van der Waals surface area contributed by atoms with Crippen LogP contribution in [0.4, 0.5) is 24.8 Å². The molecule has 1 amide bonds. The first-order valence-corrected chi connectivity index (χ1v) is 14.2. The van der Waals surface area contributed by atoms with Crippen LogP contribution in [-0.2, 0) is 22.7 Å². The van der Waals surface area contributed by atoms with Crippen molar-refractivity contribution in [2.24, 2.45) is 11.8 Å². The number of carbonyl (C=O) groups is 1. The lowest BCUT2D eigenvalue weighted by atomic mass is 10.1. The minimum atomic E-state index is -4.38. The molecule has 1 aliphatic carbocycles. The smallest absolute Gasteiger partial charge is 0.370 e. The van der Waals surface area contributed by atoms with Crippen molar-refractivity contribution in [3.05, 3.63) is 53.1 Å². The molecule has 8 nitrogen and oxygen atoms in total. The first-order valence-electron chi connectivity index (χ1n) is 12.7. The summed E-state index contributed by atoms with van der Waals surface area (Å²) in [5.74, 6) is 1.36. The molecule has 12 heteroatoms. The number of hydrogen-bond acceptors (Lipinski definition) is 6. The van der Waals surface area contributed by atoms with Crippen LogP contribution in [0.2, 0.25) is 0 Å². The molecule has 1 aromatic carbocycles. The van der Waals surface area contributed by atoms with Crippen LogP contribution in [0.3, 0.4) is 0 Å². The van der Waals surface area contributed by atoms with Gasteiger partial charge in [-0.15, -0.1) is 0 Å². The molecule has 38 heavy (non-hydrogen) atoms. The average Bonchev–Trinajstić information content (AvgIpc) is 3.58. The van der Waals surface area contributed by atoms with E-state index in [-0.39, 0.29) is 23.8 Å². The molecule has 1 saturated carbocycles. The van der Waals surface area contributed by atoms with Crippen LogP contribution in [0.1, 0.15) is 55.1 Å². The maximum absolute atomic E-state index is 12.9. The second-order valence-electron chi connectivity index (χ2n) is 10.00. The van der Waals surface area contributed by atoms with Crippen molar-refractivity contribution in [3.8, 4) is 0 Å². The molecule has 1 heterocycles. The SMILES string of the molecule is CC1CC1CNc1cc(C(=O)NCCCNCc2cccc(C(F)(F)F)c2)cc(N(C)S(=O)(=O)C(C)C)n1. The summed E-state index contributed by atoms with van der Waals surface area (Å²) < 4.78 is 65.0. The number of pyridine rings is 1. The Balaban J connectivity index is 1.57. The Hall–Kier alpha value is -2.86. The summed E-state index contributed by atoms with van der Waals surface area (Å²) in [6, 6.07) is 8.20. The van der Waals surface area contributed by atoms with E-state index in [0.717, 1.165) is 22.9 Å². The van der Waals surface area contributed by atoms with Gasteiger partial charge in [-0.2, -0.15) is 13.2 Å². The highest BCUT2D eigenvalue weighted by Gasteiger charge is 2.32. The molecule has 2 atom stereocenters. The Bertz CT molecular complexity index is 1220. The fourth-order valence-electron chi connectivity index (χ4n) is 3.87. The van der Waals surface area contributed by atoms with Crippen molar-refractivity contribution < 1.29 is 26.4 Å². The van der Waals surface area contributed by atoms with E-state index in [9.17, 15) is 26.4 Å². The van der Waals surface area contributed by atoms with Crippen molar-refractivity contribution in [1.82, 2.24) is 15.6 Å². The van der Waals surface area contributed by atoms with Gasteiger partial charge in [0, 0.05) is 32.2 Å². The molecule has 1 aromatic heterocycles. The highest BCUT2D eigenvalue weighted by molar-refractivity contribution is 7.93. The third kappa shape index (κ3) is 8.07. The summed E-state index contributed by atoms with van der Waals surface area (Å²) in [5.41, 5.74) is 0.117. The van der Waals surface area contributed by atoms with Crippen molar-refractivity contribution in [1.29, 1.82) is 0 Å². The zero-order valence-corrected chi connectivity index (χ0v) is 22.9. The summed E-state index contributed by atoms with van der Waals surface area (Å²) in [4.78, 5) is 17.3. The molecule has 3 N–H and O–H groups in total. The number of sulfonamides is 1. The predicted octanol–water partition coefficient (Wildman–Crippen LogP) is 4.25. The normalized spacial score (nSPS) is 17.4. The average molecular weight is 556 g/mol. The van der Waals surface area contributed by atoms with E-state index < -0.39 is 27.0 Å². The Morgan fingerprint density at radius 1 is 1.18 bits per heavy atom. The molecule has 3 rings (SSSR count). The molecular weight excluding hydrogens is 519 g/mol. The number of carbonyl (C=O) groups excluding carboxylic acids is 1. The lowest BCUT2D eigenvalue weighted by molar-refractivity contribution is -0.137. The number of nitrogens with one attached hydrogen (secondary N) is 3. The number of aromatic nitrogens is 1. The lowest BCUT2D eigenvalue weighted by Gasteiger charge is -2.22. The Morgan fingerprint density at radius 3 is 2.53 bits per heavy atom. The number of nitrogens with zero attached hydrogens (tertiary/aromatic N) is 2. The lowest BCUT2D eigenvalue weighted by Crippen LogP contribution is -2.34. The molecule has 0 spiro atoms. The maximum Gasteiger partial charge on any atom is 0.416 e. The minimum absolute atomic E-state index is 0.153. The fourth-order valence-corrected chi connectivity index (χ4v) is 4.86. The molecule has 0 saturated heterocycles. The van der Waals surface area contributed by atoms with Gasteiger partial charge in [0.05, 0.1) is 10.8 Å². The van der Waals surface area contributed by atoms with Crippen LogP contribution in [0.25, 0.3) is 0 Å². The van der Waals surface area contributed by atoms with Crippen molar-refractivity contribution in [2.75, 3.05) is 36.3 Å². The minimum Gasteiger partial charge on any atom is -0.370 e. The van der Waals surface area contributed by atoms with Gasteiger partial charge in [-0.05, 0) is 68.8 Å². The first-order chi connectivity index (χ1) is 17.8. The molecule has 1 fully saturated rings. The number of amides is 1. The van der Waals surface area contributed by atoms with Gasteiger partial charge in [-0.3, -0.25) is 9.10 Å². The van der Waals surface area contributed by atoms with Crippen molar-refractivity contribution in [2.45, 2.75) is 51.6 Å². The molecule has 0 aliphatic heterocycles. The maximum atomic E-state index is 12.9. The van der Waals surface area contributed by atoms with Gasteiger partial charge in [0.25, 0.3) is 5.91 Å². The molecule has 210 valence electrons. The Labute approximate surface area is 222 Å². The van der Waals surface area contributed by atoms with Crippen molar-refractivity contribution in [3.63, 3.8) is 0 Å². The van der Waals surface area contributed by atoms with Gasteiger partial charge in [0.15, 0.2) is 0 Å². The summed E-state index contributed by atoms with van der Waals surface area (Å²) in [5, 5.41) is 8.47. The van der Waals surface area contributed by atoms with Crippen LogP contribution in [-0.4, -0.2) is 51.2 Å². The highest BCUT2D eigenvalue weighted by Crippen LogP contribution is 2.37. The van der Waals surface area contributed by atoms with Gasteiger partial charge >= 0.3 is 6.18 Å². The molecule has 2 aromatic rings. The number of halogens is 3. The second-order valence-corrected chi connectivity index (χ2v) is 12.5. The summed E-state index contributed by atoms with van der Waals surface area (Å²) in [7, 11) is -2.22. The van der Waals surface area contributed by atoms with E-state index in [2.05, 4.69) is 27.9 Å². The van der Waals surface area contributed by atoms with E-state index in [0.29, 0.717) is 49.3 Å². The third-order valence-electron chi connectivity index (χ3n) is 6.59. The highest BCUT2D eigenvalue weighted by atomic mass is 32.2. The van der Waals surface area contributed by atoms with Crippen LogP contribution >= 0.6 is 0 Å². The summed E-state index contributed by atoms with van der Waals surface area (Å²) in [6.07, 6.45) is -2.72. The van der Waals surface area contributed by atoms with Crippen LogP contribution in [0, 0.1) is 11.8 Å². The second kappa shape index (κ2) is 12.3. The third-order valence-corrected chi connectivity index (χ3v) is 8.74. The van der Waals surface area contributed by atoms with Crippen LogP contribution in [0.5, 0.6) is 0 Å². The van der Waals surface area contributed by atoms with E-state index >= 15 is 0 Å². The number of alkyl halides is 3.